The quantitative estimate of drug-likeness (QED) is 0.710. The summed E-state index contributed by atoms with van der Waals surface area (Å²) in [6.45, 7) is 0.761. The Morgan fingerprint density at radius 3 is 2.41 bits per heavy atom. The Bertz CT molecular complexity index is 215. The lowest BCUT2D eigenvalue weighted by Gasteiger charge is -2.36. The van der Waals surface area contributed by atoms with E-state index in [1.54, 1.807) is 0 Å². The second kappa shape index (κ2) is 6.56. The lowest BCUT2D eigenvalue weighted by atomic mass is 9.76. The van der Waals surface area contributed by atoms with Crippen LogP contribution in [0.3, 0.4) is 0 Å². The molecule has 0 spiro atoms. The van der Waals surface area contributed by atoms with Crippen molar-refractivity contribution in [2.45, 2.75) is 31.9 Å². The number of ether oxygens (including phenoxy) is 1. The number of rotatable bonds is 6. The summed E-state index contributed by atoms with van der Waals surface area (Å²) in [6, 6.07) is 0. The molecule has 0 aromatic carbocycles. The van der Waals surface area contributed by atoms with E-state index in [4.69, 9.17) is 0 Å². The van der Waals surface area contributed by atoms with Gasteiger partial charge in [0.1, 0.15) is 6.61 Å². The van der Waals surface area contributed by atoms with Crippen LogP contribution in [0.5, 0.6) is 0 Å². The summed E-state index contributed by atoms with van der Waals surface area (Å²) in [5, 5.41) is 12.6. The van der Waals surface area contributed by atoms with Crippen molar-refractivity contribution in [1.29, 1.82) is 0 Å². The molecule has 0 bridgehead atoms. The zero-order valence-corrected chi connectivity index (χ0v) is 9.85. The smallest absolute Gasteiger partial charge is 0.396 e. The van der Waals surface area contributed by atoms with Crippen molar-refractivity contribution in [3.63, 3.8) is 0 Å². The molecule has 1 aliphatic heterocycles. The summed E-state index contributed by atoms with van der Waals surface area (Å²) in [5.74, 6) is 0. The Hall–Kier alpha value is -0.330. The molecule has 0 aromatic heterocycles. The van der Waals surface area contributed by atoms with E-state index < -0.39 is 12.8 Å². The summed E-state index contributed by atoms with van der Waals surface area (Å²) in [4.78, 5) is 0. The number of piperidine rings is 1. The number of alkyl halides is 3. The van der Waals surface area contributed by atoms with Crippen molar-refractivity contribution >= 4 is 0 Å². The molecule has 1 heterocycles. The highest BCUT2D eigenvalue weighted by atomic mass is 19.4. The third-order valence-corrected chi connectivity index (χ3v) is 3.26. The zero-order chi connectivity index (χ0) is 12.8. The Balaban J connectivity index is 2.15. The Morgan fingerprint density at radius 1 is 1.24 bits per heavy atom. The molecule has 6 heteroatoms. The third kappa shape index (κ3) is 5.70. The van der Waals surface area contributed by atoms with Gasteiger partial charge in [-0.3, -0.25) is 0 Å². The second-order valence-corrected chi connectivity index (χ2v) is 4.68. The number of aliphatic hydroxyl groups excluding tert-OH is 1. The molecule has 102 valence electrons. The van der Waals surface area contributed by atoms with Gasteiger partial charge in [-0.15, -0.1) is 0 Å². The van der Waals surface area contributed by atoms with Crippen molar-refractivity contribution in [3.8, 4) is 0 Å². The van der Waals surface area contributed by atoms with Crippen LogP contribution in [0.2, 0.25) is 0 Å². The van der Waals surface area contributed by atoms with Crippen LogP contribution in [0.1, 0.15) is 25.7 Å². The van der Waals surface area contributed by atoms with Gasteiger partial charge >= 0.3 is 6.18 Å². The average Bonchev–Trinajstić information content (AvgIpc) is 2.28. The predicted molar refractivity (Wildman–Crippen MR) is 57.7 cm³/mol. The van der Waals surface area contributed by atoms with E-state index in [1.165, 1.54) is 0 Å². The standard InChI is InChI=1S/C11H20F3NO2/c12-11(13,14)9-17-7-1-2-10(8-16)3-5-15-6-4-10/h15-16H,1-9H2. The minimum absolute atomic E-state index is 0.105. The average molecular weight is 255 g/mol. The van der Waals surface area contributed by atoms with Gasteiger partial charge in [-0.1, -0.05) is 0 Å². The van der Waals surface area contributed by atoms with Gasteiger partial charge in [-0.2, -0.15) is 13.2 Å². The molecule has 0 radical (unpaired) electrons. The fourth-order valence-corrected chi connectivity index (χ4v) is 2.18. The van der Waals surface area contributed by atoms with E-state index in [1.807, 2.05) is 0 Å². The summed E-state index contributed by atoms with van der Waals surface area (Å²) >= 11 is 0. The van der Waals surface area contributed by atoms with Crippen LogP contribution in [-0.2, 0) is 4.74 Å². The number of nitrogens with one attached hydrogen (secondary N) is 1. The van der Waals surface area contributed by atoms with Crippen molar-refractivity contribution < 1.29 is 23.0 Å². The molecule has 3 nitrogen and oxygen atoms in total. The van der Waals surface area contributed by atoms with Crippen molar-refractivity contribution in [2.75, 3.05) is 32.9 Å². The van der Waals surface area contributed by atoms with Gasteiger partial charge in [0.25, 0.3) is 0 Å². The summed E-state index contributed by atoms with van der Waals surface area (Å²) in [5.41, 5.74) is -0.118. The maximum Gasteiger partial charge on any atom is 0.411 e. The maximum absolute atomic E-state index is 11.8. The van der Waals surface area contributed by atoms with Gasteiger partial charge in [0, 0.05) is 13.2 Å². The van der Waals surface area contributed by atoms with Crippen LogP contribution >= 0.6 is 0 Å². The molecule has 1 saturated heterocycles. The lowest BCUT2D eigenvalue weighted by molar-refractivity contribution is -0.174. The fraction of sp³-hybridized carbons (Fsp3) is 1.00. The Morgan fingerprint density at radius 2 is 1.88 bits per heavy atom. The molecule has 0 unspecified atom stereocenters. The van der Waals surface area contributed by atoms with Crippen LogP contribution in [0, 0.1) is 5.41 Å². The molecular weight excluding hydrogens is 235 g/mol. The van der Waals surface area contributed by atoms with E-state index in [-0.39, 0.29) is 18.6 Å². The van der Waals surface area contributed by atoms with Crippen LogP contribution in [0.15, 0.2) is 0 Å². The van der Waals surface area contributed by atoms with Crippen molar-refractivity contribution in [2.24, 2.45) is 5.41 Å². The Kier molecular flexibility index (Phi) is 5.69. The highest BCUT2D eigenvalue weighted by molar-refractivity contribution is 4.83. The van der Waals surface area contributed by atoms with E-state index in [0.29, 0.717) is 6.42 Å². The number of halogens is 3. The van der Waals surface area contributed by atoms with E-state index in [0.717, 1.165) is 32.4 Å². The maximum atomic E-state index is 11.8. The van der Waals surface area contributed by atoms with E-state index in [2.05, 4.69) is 10.1 Å². The van der Waals surface area contributed by atoms with Crippen LogP contribution in [0.4, 0.5) is 13.2 Å². The number of hydrogen-bond donors (Lipinski definition) is 2. The molecular formula is C11H20F3NO2. The van der Waals surface area contributed by atoms with Gasteiger partial charge in [0.05, 0.1) is 0 Å². The molecule has 0 aromatic rings. The normalized spacial score (nSPS) is 20.5. The summed E-state index contributed by atoms with van der Waals surface area (Å²) < 4.78 is 40.0. The third-order valence-electron chi connectivity index (χ3n) is 3.26. The van der Waals surface area contributed by atoms with Crippen LogP contribution < -0.4 is 5.32 Å². The van der Waals surface area contributed by atoms with E-state index >= 15 is 0 Å². The van der Waals surface area contributed by atoms with Gasteiger partial charge in [-0.25, -0.2) is 0 Å². The first-order valence-corrected chi connectivity index (χ1v) is 5.94. The SMILES string of the molecule is OCC1(CCCOCC(F)(F)F)CCNCC1. The van der Waals surface area contributed by atoms with Crippen LogP contribution in [0.25, 0.3) is 0 Å². The molecule has 0 atom stereocenters. The van der Waals surface area contributed by atoms with E-state index in [9.17, 15) is 18.3 Å². The minimum Gasteiger partial charge on any atom is -0.396 e. The first-order valence-electron chi connectivity index (χ1n) is 5.94. The highest BCUT2D eigenvalue weighted by Gasteiger charge is 2.31. The fourth-order valence-electron chi connectivity index (χ4n) is 2.18. The second-order valence-electron chi connectivity index (χ2n) is 4.68. The van der Waals surface area contributed by atoms with Crippen molar-refractivity contribution in [3.05, 3.63) is 0 Å². The molecule has 0 saturated carbocycles. The number of hydrogen-bond acceptors (Lipinski definition) is 3. The number of aliphatic hydroxyl groups is 1. The first-order chi connectivity index (χ1) is 7.97. The van der Waals surface area contributed by atoms with Gasteiger partial charge < -0.3 is 15.2 Å². The molecule has 0 aliphatic carbocycles. The predicted octanol–water partition coefficient (Wildman–Crippen LogP) is 1.71. The van der Waals surface area contributed by atoms with Crippen LogP contribution in [-0.4, -0.2) is 44.2 Å². The topological polar surface area (TPSA) is 41.5 Å². The summed E-state index contributed by atoms with van der Waals surface area (Å²) in [6.07, 6.45) is -1.20. The molecule has 1 rings (SSSR count). The summed E-state index contributed by atoms with van der Waals surface area (Å²) in [7, 11) is 0. The largest absolute Gasteiger partial charge is 0.411 e. The zero-order valence-electron chi connectivity index (χ0n) is 9.85. The van der Waals surface area contributed by atoms with Gasteiger partial charge in [0.15, 0.2) is 0 Å². The van der Waals surface area contributed by atoms with Gasteiger partial charge in [-0.05, 0) is 44.2 Å². The molecule has 17 heavy (non-hydrogen) atoms. The molecule has 1 aliphatic rings. The molecule has 2 N–H and O–H groups in total. The van der Waals surface area contributed by atoms with Gasteiger partial charge in [0.2, 0.25) is 0 Å². The Labute approximate surface area is 99.3 Å². The lowest BCUT2D eigenvalue weighted by Crippen LogP contribution is -2.39. The first kappa shape index (κ1) is 14.7. The monoisotopic (exact) mass is 255 g/mol. The van der Waals surface area contributed by atoms with Crippen molar-refractivity contribution in [1.82, 2.24) is 5.32 Å². The highest BCUT2D eigenvalue weighted by Crippen LogP contribution is 2.33. The molecule has 1 fully saturated rings. The minimum atomic E-state index is -4.25. The molecule has 0 amide bonds.